The van der Waals surface area contributed by atoms with Gasteiger partial charge in [-0.1, -0.05) is 13.3 Å². The monoisotopic (exact) mass is 325 g/mol. The molecule has 1 N–H and O–H groups in total. The van der Waals surface area contributed by atoms with E-state index < -0.39 is 6.09 Å². The van der Waals surface area contributed by atoms with E-state index in [0.29, 0.717) is 23.8 Å². The molecular weight excluding hydrogens is 302 g/mol. The average molecular weight is 325 g/mol. The van der Waals surface area contributed by atoms with Crippen LogP contribution in [0.3, 0.4) is 0 Å². The molecule has 6 heteroatoms. The van der Waals surface area contributed by atoms with E-state index in [1.54, 1.807) is 6.92 Å². The molecule has 1 aliphatic carbocycles. The standard InChI is InChI=1S/C16H23NO4S/c1-3-10-21-15(18)13-11-8-6-5-7-9-12(11)22-14(13)17-16(19)20-4-2/h3-10H2,1-2H3,(H,17,19). The molecule has 1 heterocycles. The van der Waals surface area contributed by atoms with Gasteiger partial charge in [0.15, 0.2) is 0 Å². The number of amides is 1. The first-order chi connectivity index (χ1) is 10.7. The average Bonchev–Trinajstić information content (AvgIpc) is 2.67. The van der Waals surface area contributed by atoms with Crippen LogP contribution in [0.15, 0.2) is 0 Å². The van der Waals surface area contributed by atoms with Gasteiger partial charge in [0.1, 0.15) is 5.00 Å². The third kappa shape index (κ3) is 4.00. The van der Waals surface area contributed by atoms with Gasteiger partial charge in [-0.2, -0.15) is 0 Å². The molecule has 22 heavy (non-hydrogen) atoms. The van der Waals surface area contributed by atoms with Crippen molar-refractivity contribution in [3.05, 3.63) is 16.0 Å². The quantitative estimate of drug-likeness (QED) is 0.652. The molecule has 0 fully saturated rings. The maximum absolute atomic E-state index is 12.4. The highest BCUT2D eigenvalue weighted by atomic mass is 32.1. The molecule has 1 aromatic rings. The van der Waals surface area contributed by atoms with Gasteiger partial charge in [-0.15, -0.1) is 11.3 Å². The molecule has 1 amide bonds. The van der Waals surface area contributed by atoms with Gasteiger partial charge in [-0.3, -0.25) is 5.32 Å². The number of hydrogen-bond acceptors (Lipinski definition) is 5. The molecule has 0 saturated heterocycles. The zero-order valence-electron chi connectivity index (χ0n) is 13.2. The zero-order chi connectivity index (χ0) is 15.9. The van der Waals surface area contributed by atoms with Crippen molar-refractivity contribution in [2.45, 2.75) is 52.4 Å². The smallest absolute Gasteiger partial charge is 0.412 e. The highest BCUT2D eigenvalue weighted by Gasteiger charge is 2.26. The van der Waals surface area contributed by atoms with E-state index in [9.17, 15) is 9.59 Å². The van der Waals surface area contributed by atoms with E-state index >= 15 is 0 Å². The van der Waals surface area contributed by atoms with Crippen LogP contribution in [-0.4, -0.2) is 25.3 Å². The molecule has 0 radical (unpaired) electrons. The second-order valence-electron chi connectivity index (χ2n) is 5.25. The fourth-order valence-corrected chi connectivity index (χ4v) is 3.84. The van der Waals surface area contributed by atoms with Gasteiger partial charge in [-0.25, -0.2) is 9.59 Å². The van der Waals surface area contributed by atoms with Crippen LogP contribution in [0.4, 0.5) is 9.80 Å². The van der Waals surface area contributed by atoms with Crippen molar-refractivity contribution in [3.8, 4) is 0 Å². The minimum Gasteiger partial charge on any atom is -0.462 e. The Hall–Kier alpha value is -1.56. The Bertz CT molecular complexity index is 538. The van der Waals surface area contributed by atoms with Crippen LogP contribution >= 0.6 is 11.3 Å². The number of thiophene rings is 1. The normalized spacial score (nSPS) is 13.9. The van der Waals surface area contributed by atoms with Crippen molar-refractivity contribution >= 4 is 28.4 Å². The van der Waals surface area contributed by atoms with Crippen LogP contribution in [0.2, 0.25) is 0 Å². The first-order valence-corrected chi connectivity index (χ1v) is 8.74. The molecule has 0 aliphatic heterocycles. The van der Waals surface area contributed by atoms with Crippen LogP contribution in [0.1, 0.15) is 60.3 Å². The van der Waals surface area contributed by atoms with Crippen LogP contribution in [0.5, 0.6) is 0 Å². The van der Waals surface area contributed by atoms with Crippen molar-refractivity contribution < 1.29 is 19.1 Å². The summed E-state index contributed by atoms with van der Waals surface area (Å²) < 4.78 is 10.2. The van der Waals surface area contributed by atoms with Crippen molar-refractivity contribution in [3.63, 3.8) is 0 Å². The molecule has 122 valence electrons. The molecule has 0 unspecified atom stereocenters. The number of ether oxygens (including phenoxy) is 2. The molecule has 0 atom stereocenters. The highest BCUT2D eigenvalue weighted by molar-refractivity contribution is 7.17. The van der Waals surface area contributed by atoms with Crippen LogP contribution < -0.4 is 5.32 Å². The Morgan fingerprint density at radius 2 is 1.91 bits per heavy atom. The molecule has 0 bridgehead atoms. The molecule has 5 nitrogen and oxygen atoms in total. The summed E-state index contributed by atoms with van der Waals surface area (Å²) in [4.78, 5) is 25.3. The minimum absolute atomic E-state index is 0.298. The highest BCUT2D eigenvalue weighted by Crippen LogP contribution is 2.38. The second kappa shape index (κ2) is 8.17. The number of fused-ring (bicyclic) bond motifs is 1. The predicted octanol–water partition coefficient (Wildman–Crippen LogP) is 4.15. The van der Waals surface area contributed by atoms with E-state index in [4.69, 9.17) is 9.47 Å². The van der Waals surface area contributed by atoms with Gasteiger partial charge >= 0.3 is 12.1 Å². The third-order valence-corrected chi connectivity index (χ3v) is 4.76. The summed E-state index contributed by atoms with van der Waals surface area (Å²) in [5.74, 6) is -0.340. The van der Waals surface area contributed by atoms with E-state index in [1.807, 2.05) is 6.92 Å². The lowest BCUT2D eigenvalue weighted by molar-refractivity contribution is 0.0505. The first kappa shape index (κ1) is 16.8. The van der Waals surface area contributed by atoms with Gasteiger partial charge in [-0.05, 0) is 44.6 Å². The summed E-state index contributed by atoms with van der Waals surface area (Å²) in [5, 5.41) is 3.26. The second-order valence-corrected chi connectivity index (χ2v) is 6.36. The van der Waals surface area contributed by atoms with E-state index in [-0.39, 0.29) is 5.97 Å². The van der Waals surface area contributed by atoms with Crippen LogP contribution in [-0.2, 0) is 22.3 Å². The number of aryl methyl sites for hydroxylation is 1. The Labute approximate surface area is 135 Å². The van der Waals surface area contributed by atoms with E-state index in [0.717, 1.165) is 37.7 Å². The van der Waals surface area contributed by atoms with Gasteiger partial charge < -0.3 is 9.47 Å². The number of nitrogens with one attached hydrogen (secondary N) is 1. The van der Waals surface area contributed by atoms with Gasteiger partial charge in [0.2, 0.25) is 0 Å². The molecule has 0 spiro atoms. The van der Waals surface area contributed by atoms with E-state index in [2.05, 4.69) is 5.32 Å². The topological polar surface area (TPSA) is 64.6 Å². The number of rotatable bonds is 5. The SMILES string of the molecule is CCCOC(=O)c1c(NC(=O)OCC)sc2c1CCCCC2. The summed E-state index contributed by atoms with van der Waals surface area (Å²) in [6.07, 6.45) is 5.44. The maximum atomic E-state index is 12.4. The first-order valence-electron chi connectivity index (χ1n) is 7.92. The van der Waals surface area contributed by atoms with Gasteiger partial charge in [0, 0.05) is 4.88 Å². The maximum Gasteiger partial charge on any atom is 0.412 e. The zero-order valence-corrected chi connectivity index (χ0v) is 14.0. The molecule has 2 rings (SSSR count). The Balaban J connectivity index is 2.30. The van der Waals surface area contributed by atoms with Gasteiger partial charge in [0.05, 0.1) is 18.8 Å². The van der Waals surface area contributed by atoms with Crippen molar-refractivity contribution in [1.82, 2.24) is 0 Å². The number of anilines is 1. The third-order valence-electron chi connectivity index (χ3n) is 3.55. The Morgan fingerprint density at radius 1 is 1.14 bits per heavy atom. The lowest BCUT2D eigenvalue weighted by Gasteiger charge is -2.08. The molecule has 0 saturated carbocycles. The molecule has 0 aromatic carbocycles. The van der Waals surface area contributed by atoms with Gasteiger partial charge in [0.25, 0.3) is 0 Å². The summed E-state index contributed by atoms with van der Waals surface area (Å²) in [5.41, 5.74) is 1.58. The van der Waals surface area contributed by atoms with Crippen LogP contribution in [0.25, 0.3) is 0 Å². The number of hydrogen-bond donors (Lipinski definition) is 1. The predicted molar refractivity (Wildman–Crippen MR) is 86.8 cm³/mol. The Kier molecular flexibility index (Phi) is 6.24. The summed E-state index contributed by atoms with van der Waals surface area (Å²) >= 11 is 1.48. The summed E-state index contributed by atoms with van der Waals surface area (Å²) in [6, 6.07) is 0. The van der Waals surface area contributed by atoms with Crippen molar-refractivity contribution in [1.29, 1.82) is 0 Å². The Morgan fingerprint density at radius 3 is 2.64 bits per heavy atom. The number of esters is 1. The molecular formula is C16H23NO4S. The molecule has 1 aromatic heterocycles. The fraction of sp³-hybridized carbons (Fsp3) is 0.625. The van der Waals surface area contributed by atoms with Crippen molar-refractivity contribution in [2.75, 3.05) is 18.5 Å². The lowest BCUT2D eigenvalue weighted by Crippen LogP contribution is -2.16. The van der Waals surface area contributed by atoms with E-state index in [1.165, 1.54) is 22.6 Å². The number of carbonyl (C=O) groups is 2. The van der Waals surface area contributed by atoms with Crippen LogP contribution in [0, 0.1) is 0 Å². The summed E-state index contributed by atoms with van der Waals surface area (Å²) in [6.45, 7) is 4.40. The lowest BCUT2D eigenvalue weighted by atomic mass is 10.1. The summed E-state index contributed by atoms with van der Waals surface area (Å²) in [7, 11) is 0. The largest absolute Gasteiger partial charge is 0.462 e. The molecule has 1 aliphatic rings. The number of carbonyl (C=O) groups excluding carboxylic acids is 2. The fourth-order valence-electron chi connectivity index (χ4n) is 2.57. The minimum atomic E-state index is -0.525. The van der Waals surface area contributed by atoms with Crippen molar-refractivity contribution in [2.24, 2.45) is 0 Å².